The highest BCUT2D eigenvalue weighted by Gasteiger charge is 2.14. The van der Waals surface area contributed by atoms with Crippen molar-refractivity contribution in [3.05, 3.63) is 35.3 Å². The quantitative estimate of drug-likeness (QED) is 0.839. The number of benzene rings is 1. The van der Waals surface area contributed by atoms with Crippen LogP contribution in [0.25, 0.3) is 10.6 Å². The highest BCUT2D eigenvalue weighted by Crippen LogP contribution is 2.26. The maximum absolute atomic E-state index is 4.53. The van der Waals surface area contributed by atoms with Gasteiger partial charge in [-0.05, 0) is 38.2 Å². The molecule has 1 fully saturated rings. The first-order chi connectivity index (χ1) is 9.22. The topological polar surface area (TPSA) is 19.4 Å². The number of likely N-dealkylation sites (N-methyl/N-ethyl adjacent to an activating group) is 1. The largest absolute Gasteiger partial charge is 0.369 e. The minimum Gasteiger partial charge on any atom is -0.369 e. The van der Waals surface area contributed by atoms with E-state index < -0.39 is 0 Å². The molecule has 0 unspecified atom stereocenters. The molecular weight excluding hydrogens is 254 g/mol. The number of aryl methyl sites for hydroxylation is 1. The van der Waals surface area contributed by atoms with E-state index in [1.807, 2.05) is 6.92 Å². The molecule has 3 nitrogen and oxygen atoms in total. The molecule has 0 amide bonds. The summed E-state index contributed by atoms with van der Waals surface area (Å²) in [7, 11) is 2.19. The Balaban J connectivity index is 1.75. The fourth-order valence-electron chi connectivity index (χ4n) is 2.37. The summed E-state index contributed by atoms with van der Waals surface area (Å²) < 4.78 is 0. The van der Waals surface area contributed by atoms with Gasteiger partial charge in [0, 0.05) is 48.5 Å². The summed E-state index contributed by atoms with van der Waals surface area (Å²) in [5, 5.41) is 3.21. The maximum Gasteiger partial charge on any atom is 0.123 e. The average molecular weight is 273 g/mol. The van der Waals surface area contributed by atoms with E-state index in [9.17, 15) is 0 Å². The molecule has 0 N–H and O–H groups in total. The van der Waals surface area contributed by atoms with Crippen molar-refractivity contribution < 1.29 is 0 Å². The van der Waals surface area contributed by atoms with Crippen LogP contribution < -0.4 is 4.90 Å². The van der Waals surface area contributed by atoms with Gasteiger partial charge in [0.05, 0.1) is 0 Å². The Morgan fingerprint density at radius 1 is 1.05 bits per heavy atom. The molecule has 1 saturated heterocycles. The minimum atomic E-state index is 1.10. The van der Waals surface area contributed by atoms with Crippen molar-refractivity contribution in [3.8, 4) is 10.6 Å². The molecule has 0 radical (unpaired) electrons. The molecule has 2 heterocycles. The highest BCUT2D eigenvalue weighted by atomic mass is 32.1. The second kappa shape index (κ2) is 5.31. The summed E-state index contributed by atoms with van der Waals surface area (Å²) in [4.78, 5) is 9.36. The van der Waals surface area contributed by atoms with E-state index in [0.29, 0.717) is 0 Å². The van der Waals surface area contributed by atoms with E-state index in [4.69, 9.17) is 0 Å². The van der Waals surface area contributed by atoms with Crippen LogP contribution in [0.4, 0.5) is 5.69 Å². The van der Waals surface area contributed by atoms with E-state index in [0.717, 1.165) is 36.9 Å². The number of anilines is 1. The normalized spacial score (nSPS) is 16.8. The third-order valence-corrected chi connectivity index (χ3v) is 4.61. The zero-order valence-electron chi connectivity index (χ0n) is 11.5. The molecule has 0 bridgehead atoms. The zero-order valence-corrected chi connectivity index (χ0v) is 12.3. The average Bonchev–Trinajstić information content (AvgIpc) is 2.87. The second-order valence-corrected chi connectivity index (χ2v) is 5.99. The summed E-state index contributed by atoms with van der Waals surface area (Å²) in [5.74, 6) is 0. The fraction of sp³-hybridized carbons (Fsp3) is 0.400. The van der Waals surface area contributed by atoms with Gasteiger partial charge >= 0.3 is 0 Å². The van der Waals surface area contributed by atoms with Gasteiger partial charge in [0.2, 0.25) is 0 Å². The summed E-state index contributed by atoms with van der Waals surface area (Å²) in [5.41, 5.74) is 3.64. The number of aromatic nitrogens is 1. The molecule has 4 heteroatoms. The molecule has 0 aliphatic carbocycles. The second-order valence-electron chi connectivity index (χ2n) is 5.13. The fourth-order valence-corrected chi connectivity index (χ4v) is 3.17. The number of thiazole rings is 1. The zero-order chi connectivity index (χ0) is 13.2. The van der Waals surface area contributed by atoms with Gasteiger partial charge < -0.3 is 9.80 Å². The number of hydrogen-bond acceptors (Lipinski definition) is 4. The summed E-state index contributed by atoms with van der Waals surface area (Å²) in [6, 6.07) is 8.81. The predicted octanol–water partition coefficient (Wildman–Crippen LogP) is 2.87. The third-order valence-electron chi connectivity index (χ3n) is 3.60. The Labute approximate surface area is 118 Å². The lowest BCUT2D eigenvalue weighted by Gasteiger charge is -2.34. The summed E-state index contributed by atoms with van der Waals surface area (Å²) in [6.07, 6.45) is 0. The molecule has 3 rings (SSSR count). The lowest BCUT2D eigenvalue weighted by Crippen LogP contribution is -2.44. The first-order valence-electron chi connectivity index (χ1n) is 6.68. The van der Waals surface area contributed by atoms with Gasteiger partial charge in [-0.25, -0.2) is 4.98 Å². The molecular formula is C15H19N3S. The monoisotopic (exact) mass is 273 g/mol. The number of hydrogen-bond donors (Lipinski definition) is 0. The van der Waals surface area contributed by atoms with Gasteiger partial charge in [-0.1, -0.05) is 0 Å². The van der Waals surface area contributed by atoms with Crippen LogP contribution in [0.1, 0.15) is 5.69 Å². The standard InChI is InChI=1S/C15H19N3S/c1-12-11-19-15(16-12)13-3-5-14(6-4-13)18-9-7-17(2)8-10-18/h3-6,11H,7-10H2,1-2H3. The molecule has 1 aromatic heterocycles. The van der Waals surface area contributed by atoms with Crippen molar-refractivity contribution >= 4 is 17.0 Å². The van der Waals surface area contributed by atoms with E-state index in [-0.39, 0.29) is 0 Å². The van der Waals surface area contributed by atoms with E-state index in [2.05, 4.69) is 51.5 Å². The van der Waals surface area contributed by atoms with Crippen molar-refractivity contribution in [1.29, 1.82) is 0 Å². The maximum atomic E-state index is 4.53. The van der Waals surface area contributed by atoms with Gasteiger partial charge in [0.15, 0.2) is 0 Å². The third kappa shape index (κ3) is 2.80. The Hall–Kier alpha value is -1.39. The lowest BCUT2D eigenvalue weighted by molar-refractivity contribution is 0.313. The van der Waals surface area contributed by atoms with Crippen LogP contribution in [0.15, 0.2) is 29.6 Å². The molecule has 1 aliphatic heterocycles. The Morgan fingerprint density at radius 3 is 2.32 bits per heavy atom. The van der Waals surface area contributed by atoms with Gasteiger partial charge in [-0.3, -0.25) is 0 Å². The molecule has 100 valence electrons. The van der Waals surface area contributed by atoms with Gasteiger partial charge in [0.1, 0.15) is 5.01 Å². The number of rotatable bonds is 2. The van der Waals surface area contributed by atoms with Crippen molar-refractivity contribution in [2.75, 3.05) is 38.1 Å². The Kier molecular flexibility index (Phi) is 3.53. The lowest BCUT2D eigenvalue weighted by atomic mass is 10.2. The van der Waals surface area contributed by atoms with Crippen LogP contribution >= 0.6 is 11.3 Å². The number of piperazine rings is 1. The molecule has 0 saturated carbocycles. The van der Waals surface area contributed by atoms with E-state index in [1.54, 1.807) is 11.3 Å². The Bertz CT molecular complexity index is 539. The molecule has 0 atom stereocenters. The van der Waals surface area contributed by atoms with Crippen LogP contribution in [-0.4, -0.2) is 43.1 Å². The van der Waals surface area contributed by atoms with Crippen molar-refractivity contribution in [3.63, 3.8) is 0 Å². The van der Waals surface area contributed by atoms with Gasteiger partial charge in [0.25, 0.3) is 0 Å². The molecule has 0 spiro atoms. The summed E-state index contributed by atoms with van der Waals surface area (Å²) in [6.45, 7) is 6.57. The van der Waals surface area contributed by atoms with Crippen molar-refractivity contribution in [2.24, 2.45) is 0 Å². The minimum absolute atomic E-state index is 1.10. The van der Waals surface area contributed by atoms with E-state index in [1.165, 1.54) is 11.3 Å². The van der Waals surface area contributed by atoms with Crippen LogP contribution in [0, 0.1) is 6.92 Å². The van der Waals surface area contributed by atoms with Crippen LogP contribution in [0.2, 0.25) is 0 Å². The van der Waals surface area contributed by atoms with Crippen LogP contribution in [0.3, 0.4) is 0 Å². The molecule has 1 aromatic carbocycles. The Morgan fingerprint density at radius 2 is 1.74 bits per heavy atom. The molecule has 1 aliphatic rings. The van der Waals surface area contributed by atoms with Crippen LogP contribution in [-0.2, 0) is 0 Å². The SMILES string of the molecule is Cc1csc(-c2ccc(N3CCN(C)CC3)cc2)n1. The first-order valence-corrected chi connectivity index (χ1v) is 7.56. The van der Waals surface area contributed by atoms with Crippen molar-refractivity contribution in [1.82, 2.24) is 9.88 Å². The van der Waals surface area contributed by atoms with E-state index >= 15 is 0 Å². The molecule has 19 heavy (non-hydrogen) atoms. The predicted molar refractivity (Wildman–Crippen MR) is 82.0 cm³/mol. The smallest absolute Gasteiger partial charge is 0.123 e. The van der Waals surface area contributed by atoms with Gasteiger partial charge in [-0.2, -0.15) is 0 Å². The highest BCUT2D eigenvalue weighted by molar-refractivity contribution is 7.13. The van der Waals surface area contributed by atoms with Crippen LogP contribution in [0.5, 0.6) is 0 Å². The number of nitrogens with zero attached hydrogens (tertiary/aromatic N) is 3. The molecule has 2 aromatic rings. The van der Waals surface area contributed by atoms with Gasteiger partial charge in [-0.15, -0.1) is 11.3 Å². The summed E-state index contributed by atoms with van der Waals surface area (Å²) >= 11 is 1.71. The first kappa shape index (κ1) is 12.6. The van der Waals surface area contributed by atoms with Crippen molar-refractivity contribution in [2.45, 2.75) is 6.92 Å².